The van der Waals surface area contributed by atoms with E-state index in [1.165, 1.54) is 6.07 Å². The standard InChI is InChI=1S/C30H38F3NO3/c1-3-19-7-12-25(13-8-19)37-27-14-11-20-9-10-21(17-26(20)28(27)30(31,32)33)18(2)34-23-5-4-6-24(34)16-22(15-23)29(35)36/h9-11,14,17-19,22-25H,3-8,12-13,15-16H2,1-2H3,(H,35,36)/t18-,19?,22?,23?,24?,25?/m1/s1. The van der Waals surface area contributed by atoms with Gasteiger partial charge in [0.15, 0.2) is 0 Å². The predicted octanol–water partition coefficient (Wildman–Crippen LogP) is 7.98. The average Bonchev–Trinajstić information content (AvgIpc) is 2.86. The number of ether oxygens (including phenoxy) is 1. The van der Waals surface area contributed by atoms with Gasteiger partial charge in [0.05, 0.1) is 12.0 Å². The summed E-state index contributed by atoms with van der Waals surface area (Å²) in [6, 6.07) is 8.83. The van der Waals surface area contributed by atoms with Crippen LogP contribution < -0.4 is 4.74 Å². The van der Waals surface area contributed by atoms with Gasteiger partial charge >= 0.3 is 12.1 Å². The summed E-state index contributed by atoms with van der Waals surface area (Å²) >= 11 is 0. The number of aliphatic carboxylic acids is 1. The molecule has 2 aromatic carbocycles. The fourth-order valence-electron chi connectivity index (χ4n) is 7.23. The summed E-state index contributed by atoms with van der Waals surface area (Å²) in [5, 5.41) is 10.3. The van der Waals surface area contributed by atoms with Crippen molar-refractivity contribution < 1.29 is 27.8 Å². The van der Waals surface area contributed by atoms with Crippen LogP contribution in [0.25, 0.3) is 10.8 Å². The van der Waals surface area contributed by atoms with Gasteiger partial charge in [-0.05, 0) is 92.7 Å². The van der Waals surface area contributed by atoms with Gasteiger partial charge in [-0.3, -0.25) is 9.69 Å². The SMILES string of the molecule is CCC1CCC(Oc2ccc3ccc([C@@H](C)N4C5CCCC4CC(C(=O)O)C5)cc3c2C(F)(F)F)CC1. The van der Waals surface area contributed by atoms with Crippen molar-refractivity contribution in [2.24, 2.45) is 11.8 Å². The van der Waals surface area contributed by atoms with E-state index >= 15 is 0 Å². The van der Waals surface area contributed by atoms with E-state index in [0.29, 0.717) is 24.1 Å². The van der Waals surface area contributed by atoms with Gasteiger partial charge in [-0.1, -0.05) is 38.0 Å². The maximum atomic E-state index is 14.5. The molecule has 7 heteroatoms. The van der Waals surface area contributed by atoms with Crippen LogP contribution in [0, 0.1) is 11.8 Å². The number of halogens is 3. The number of benzene rings is 2. The predicted molar refractivity (Wildman–Crippen MR) is 138 cm³/mol. The summed E-state index contributed by atoms with van der Waals surface area (Å²) in [4.78, 5) is 14.1. The Morgan fingerprint density at radius 1 is 1.05 bits per heavy atom. The first-order chi connectivity index (χ1) is 17.7. The highest BCUT2D eigenvalue weighted by Gasteiger charge is 2.43. The van der Waals surface area contributed by atoms with Crippen molar-refractivity contribution >= 4 is 16.7 Å². The largest absolute Gasteiger partial charge is 0.490 e. The Morgan fingerprint density at radius 2 is 1.70 bits per heavy atom. The Labute approximate surface area is 217 Å². The van der Waals surface area contributed by atoms with Crippen molar-refractivity contribution in [3.8, 4) is 5.75 Å². The molecule has 2 saturated heterocycles. The zero-order valence-electron chi connectivity index (χ0n) is 21.8. The minimum atomic E-state index is -4.53. The van der Waals surface area contributed by atoms with Gasteiger partial charge in [0, 0.05) is 18.1 Å². The first-order valence-electron chi connectivity index (χ1n) is 14.0. The molecule has 0 aromatic heterocycles. The monoisotopic (exact) mass is 517 g/mol. The molecular formula is C30H38F3NO3. The average molecular weight is 518 g/mol. The van der Waals surface area contributed by atoms with Gasteiger partial charge in [-0.15, -0.1) is 0 Å². The maximum absolute atomic E-state index is 14.5. The summed E-state index contributed by atoms with van der Waals surface area (Å²) in [5.74, 6) is -0.494. The highest BCUT2D eigenvalue weighted by Crippen LogP contribution is 2.45. The highest BCUT2D eigenvalue weighted by molar-refractivity contribution is 5.89. The summed E-state index contributed by atoms with van der Waals surface area (Å²) < 4.78 is 49.5. The van der Waals surface area contributed by atoms with Crippen molar-refractivity contribution in [1.29, 1.82) is 0 Å². The third-order valence-electron chi connectivity index (χ3n) is 9.27. The third-order valence-corrected chi connectivity index (χ3v) is 9.27. The van der Waals surface area contributed by atoms with E-state index in [0.717, 1.165) is 56.9 Å². The normalized spacial score (nSPS) is 29.7. The van der Waals surface area contributed by atoms with Gasteiger partial charge in [0.1, 0.15) is 11.3 Å². The van der Waals surface area contributed by atoms with E-state index < -0.39 is 17.7 Å². The molecule has 0 radical (unpaired) electrons. The lowest BCUT2D eigenvalue weighted by molar-refractivity contribution is -0.147. The Hall–Kier alpha value is -2.28. The fraction of sp³-hybridized carbons (Fsp3) is 0.633. The van der Waals surface area contributed by atoms with Crippen molar-refractivity contribution in [3.05, 3.63) is 41.5 Å². The molecule has 4 nitrogen and oxygen atoms in total. The van der Waals surface area contributed by atoms with E-state index in [-0.39, 0.29) is 41.3 Å². The lowest BCUT2D eigenvalue weighted by Gasteiger charge is -2.51. The molecule has 5 rings (SSSR count). The van der Waals surface area contributed by atoms with Gasteiger partial charge < -0.3 is 9.84 Å². The number of alkyl halides is 3. The Kier molecular flexibility index (Phi) is 7.45. The summed E-state index contributed by atoms with van der Waals surface area (Å²) in [7, 11) is 0. The number of hydrogen-bond donors (Lipinski definition) is 1. The minimum absolute atomic E-state index is 0.0658. The molecule has 2 aromatic rings. The number of carboxylic acid groups (broad SMARTS) is 1. The molecule has 0 spiro atoms. The maximum Gasteiger partial charge on any atom is 0.420 e. The first kappa shape index (κ1) is 26.3. The highest BCUT2D eigenvalue weighted by atomic mass is 19.4. The molecule has 2 unspecified atom stereocenters. The summed E-state index contributed by atoms with van der Waals surface area (Å²) in [6.45, 7) is 4.21. The zero-order chi connectivity index (χ0) is 26.3. The molecule has 2 aliphatic heterocycles. The van der Waals surface area contributed by atoms with Gasteiger partial charge in [-0.2, -0.15) is 13.2 Å². The van der Waals surface area contributed by atoms with Crippen molar-refractivity contribution in [1.82, 2.24) is 4.90 Å². The van der Waals surface area contributed by atoms with Crippen LogP contribution in [-0.2, 0) is 11.0 Å². The number of piperidine rings is 2. The number of nitrogens with zero attached hydrogens (tertiary/aromatic N) is 1. The van der Waals surface area contributed by atoms with Crippen LogP contribution in [0.1, 0.15) is 95.2 Å². The van der Waals surface area contributed by atoms with Crippen LogP contribution in [-0.4, -0.2) is 34.2 Å². The van der Waals surface area contributed by atoms with Crippen LogP contribution in [0.5, 0.6) is 5.75 Å². The van der Waals surface area contributed by atoms with Crippen molar-refractivity contribution in [2.75, 3.05) is 0 Å². The topological polar surface area (TPSA) is 49.8 Å². The second kappa shape index (κ2) is 10.5. The van der Waals surface area contributed by atoms with E-state index in [9.17, 15) is 23.1 Å². The van der Waals surface area contributed by atoms with Crippen LogP contribution in [0.3, 0.4) is 0 Å². The minimum Gasteiger partial charge on any atom is -0.490 e. The third kappa shape index (κ3) is 5.34. The number of carboxylic acids is 1. The van der Waals surface area contributed by atoms with E-state index in [2.05, 4.69) is 11.8 Å². The molecule has 1 N–H and O–H groups in total. The Morgan fingerprint density at radius 3 is 2.30 bits per heavy atom. The fourth-order valence-corrected chi connectivity index (χ4v) is 7.23. The van der Waals surface area contributed by atoms with Crippen LogP contribution in [0.2, 0.25) is 0 Å². The quantitative estimate of drug-likeness (QED) is 0.422. The lowest BCUT2D eigenvalue weighted by atomic mass is 9.77. The molecule has 0 amide bonds. The van der Waals surface area contributed by atoms with Crippen LogP contribution in [0.4, 0.5) is 13.2 Å². The molecule has 3 aliphatic rings. The molecule has 2 bridgehead atoms. The first-order valence-corrected chi connectivity index (χ1v) is 14.0. The van der Waals surface area contributed by atoms with E-state index in [1.807, 2.05) is 13.0 Å². The second-order valence-electron chi connectivity index (χ2n) is 11.5. The smallest absolute Gasteiger partial charge is 0.420 e. The van der Waals surface area contributed by atoms with E-state index in [4.69, 9.17) is 4.74 Å². The zero-order valence-corrected chi connectivity index (χ0v) is 21.8. The molecule has 202 valence electrons. The van der Waals surface area contributed by atoms with Crippen molar-refractivity contribution in [2.45, 2.75) is 108 Å². The molecular weight excluding hydrogens is 479 g/mol. The Bertz CT molecular complexity index is 1110. The second-order valence-corrected chi connectivity index (χ2v) is 11.5. The van der Waals surface area contributed by atoms with Crippen molar-refractivity contribution in [3.63, 3.8) is 0 Å². The Balaban J connectivity index is 1.46. The van der Waals surface area contributed by atoms with Gasteiger partial charge in [-0.25, -0.2) is 0 Å². The summed E-state index contributed by atoms with van der Waals surface area (Å²) in [6.07, 6.45) is 4.12. The van der Waals surface area contributed by atoms with Crippen LogP contribution in [0.15, 0.2) is 30.3 Å². The number of carbonyl (C=O) groups is 1. The van der Waals surface area contributed by atoms with E-state index in [1.54, 1.807) is 18.2 Å². The molecule has 1 aliphatic carbocycles. The molecule has 2 heterocycles. The molecule has 1 saturated carbocycles. The van der Waals surface area contributed by atoms with Crippen LogP contribution >= 0.6 is 0 Å². The lowest BCUT2D eigenvalue weighted by Crippen LogP contribution is -2.53. The molecule has 37 heavy (non-hydrogen) atoms. The molecule has 3 atom stereocenters. The summed E-state index contributed by atoms with van der Waals surface area (Å²) in [5.41, 5.74) is 0.158. The number of hydrogen-bond acceptors (Lipinski definition) is 3. The number of fused-ring (bicyclic) bond motifs is 3. The van der Waals surface area contributed by atoms with Gasteiger partial charge in [0.25, 0.3) is 0 Å². The van der Waals surface area contributed by atoms with Gasteiger partial charge in [0.2, 0.25) is 0 Å². The molecule has 3 fully saturated rings. The number of rotatable bonds is 6.